The van der Waals surface area contributed by atoms with Crippen LogP contribution in [0.25, 0.3) is 11.0 Å². The molecule has 0 saturated heterocycles. The van der Waals surface area contributed by atoms with Gasteiger partial charge in [-0.3, -0.25) is 4.90 Å². The molecule has 0 atom stereocenters. The third kappa shape index (κ3) is 3.83. The highest BCUT2D eigenvalue weighted by atomic mass is 32.2. The first-order chi connectivity index (χ1) is 9.78. The van der Waals surface area contributed by atoms with Crippen LogP contribution in [0.4, 0.5) is 0 Å². The van der Waals surface area contributed by atoms with Gasteiger partial charge in [0.2, 0.25) is 0 Å². The standard InChI is InChI=1S/C14H17NO5S/c1-15(7-8-21(2,18)19)9-12-13(14(16)17)10-5-3-4-6-11(10)20-12/h3-6H,7-9H2,1-2H3,(H,16,17). The predicted molar refractivity (Wildman–Crippen MR) is 79.2 cm³/mol. The second-order valence-corrected chi connectivity index (χ2v) is 7.33. The fourth-order valence-electron chi connectivity index (χ4n) is 2.09. The van der Waals surface area contributed by atoms with Crippen molar-refractivity contribution in [3.8, 4) is 0 Å². The minimum absolute atomic E-state index is 0.0200. The number of nitrogens with zero attached hydrogens (tertiary/aromatic N) is 1. The quantitative estimate of drug-likeness (QED) is 0.872. The van der Waals surface area contributed by atoms with Crippen molar-refractivity contribution in [3.05, 3.63) is 35.6 Å². The monoisotopic (exact) mass is 311 g/mol. The van der Waals surface area contributed by atoms with Gasteiger partial charge in [0.05, 0.1) is 12.3 Å². The lowest BCUT2D eigenvalue weighted by molar-refractivity contribution is 0.0695. The second-order valence-electron chi connectivity index (χ2n) is 5.07. The summed E-state index contributed by atoms with van der Waals surface area (Å²) in [5.74, 6) is -0.697. The van der Waals surface area contributed by atoms with Crippen LogP contribution in [0.2, 0.25) is 0 Å². The molecule has 1 aromatic carbocycles. The summed E-state index contributed by atoms with van der Waals surface area (Å²) < 4.78 is 27.9. The Morgan fingerprint density at radius 3 is 2.62 bits per heavy atom. The highest BCUT2D eigenvalue weighted by Crippen LogP contribution is 2.26. The zero-order chi connectivity index (χ0) is 15.6. The smallest absolute Gasteiger partial charge is 0.339 e. The minimum Gasteiger partial charge on any atom is -0.478 e. The number of carboxylic acid groups (broad SMARTS) is 1. The van der Waals surface area contributed by atoms with E-state index in [9.17, 15) is 18.3 Å². The van der Waals surface area contributed by atoms with Crippen LogP contribution in [0, 0.1) is 0 Å². The van der Waals surface area contributed by atoms with Crippen molar-refractivity contribution in [3.63, 3.8) is 0 Å². The van der Waals surface area contributed by atoms with Gasteiger partial charge in [-0.15, -0.1) is 0 Å². The van der Waals surface area contributed by atoms with Gasteiger partial charge in [-0.25, -0.2) is 13.2 Å². The predicted octanol–water partition coefficient (Wildman–Crippen LogP) is 1.61. The molecule has 7 heteroatoms. The number of benzene rings is 1. The number of para-hydroxylation sites is 1. The maximum Gasteiger partial charge on any atom is 0.339 e. The van der Waals surface area contributed by atoms with Gasteiger partial charge in [0, 0.05) is 18.2 Å². The maximum atomic E-state index is 11.4. The third-order valence-electron chi connectivity index (χ3n) is 3.14. The van der Waals surface area contributed by atoms with Crippen molar-refractivity contribution < 1.29 is 22.7 Å². The number of carboxylic acids is 1. The van der Waals surface area contributed by atoms with Gasteiger partial charge in [-0.05, 0) is 13.1 Å². The molecule has 1 aromatic heterocycles. The van der Waals surface area contributed by atoms with Gasteiger partial charge in [-0.2, -0.15) is 0 Å². The average Bonchev–Trinajstić information content (AvgIpc) is 2.73. The van der Waals surface area contributed by atoms with Crippen LogP contribution in [0.15, 0.2) is 28.7 Å². The Labute approximate surface area is 122 Å². The summed E-state index contributed by atoms with van der Waals surface area (Å²) in [5.41, 5.74) is 0.651. The Hall–Kier alpha value is -1.86. The van der Waals surface area contributed by atoms with Crippen LogP contribution >= 0.6 is 0 Å². The highest BCUT2D eigenvalue weighted by Gasteiger charge is 2.21. The number of hydrogen-bond acceptors (Lipinski definition) is 5. The zero-order valence-corrected chi connectivity index (χ0v) is 12.7. The lowest BCUT2D eigenvalue weighted by Gasteiger charge is -2.14. The van der Waals surface area contributed by atoms with Crippen LogP contribution in [-0.2, 0) is 16.4 Å². The molecule has 0 aliphatic heterocycles. The number of rotatable bonds is 6. The molecule has 0 spiro atoms. The summed E-state index contributed by atoms with van der Waals surface area (Å²) in [4.78, 5) is 13.1. The molecule has 0 aliphatic carbocycles. The van der Waals surface area contributed by atoms with E-state index in [4.69, 9.17) is 4.42 Å². The first-order valence-corrected chi connectivity index (χ1v) is 8.44. The summed E-state index contributed by atoms with van der Waals surface area (Å²) in [5, 5.41) is 9.90. The van der Waals surface area contributed by atoms with Crippen molar-refractivity contribution >= 4 is 26.8 Å². The molecule has 0 bridgehead atoms. The van der Waals surface area contributed by atoms with Crippen LogP contribution in [-0.4, -0.2) is 50.0 Å². The molecular weight excluding hydrogens is 294 g/mol. The molecule has 114 valence electrons. The summed E-state index contributed by atoms with van der Waals surface area (Å²) in [6.07, 6.45) is 1.17. The second kappa shape index (κ2) is 5.87. The topological polar surface area (TPSA) is 87.8 Å². The van der Waals surface area contributed by atoms with E-state index in [0.717, 1.165) is 0 Å². The molecular formula is C14H17NO5S. The fraction of sp³-hybridized carbons (Fsp3) is 0.357. The summed E-state index contributed by atoms with van der Waals surface area (Å²) in [6.45, 7) is 0.556. The number of aromatic carboxylic acids is 1. The number of hydrogen-bond donors (Lipinski definition) is 1. The van der Waals surface area contributed by atoms with E-state index < -0.39 is 15.8 Å². The van der Waals surface area contributed by atoms with Crippen molar-refractivity contribution in [2.75, 3.05) is 25.6 Å². The van der Waals surface area contributed by atoms with E-state index in [2.05, 4.69) is 0 Å². The van der Waals surface area contributed by atoms with Crippen molar-refractivity contribution in [2.45, 2.75) is 6.54 Å². The van der Waals surface area contributed by atoms with E-state index in [1.165, 1.54) is 6.26 Å². The first-order valence-electron chi connectivity index (χ1n) is 6.38. The molecule has 0 unspecified atom stereocenters. The van der Waals surface area contributed by atoms with E-state index in [1.807, 2.05) is 0 Å². The Kier molecular flexibility index (Phi) is 4.34. The molecule has 2 rings (SSSR count). The van der Waals surface area contributed by atoms with E-state index >= 15 is 0 Å². The number of sulfone groups is 1. The lowest BCUT2D eigenvalue weighted by Crippen LogP contribution is -2.25. The van der Waals surface area contributed by atoms with E-state index in [-0.39, 0.29) is 17.9 Å². The Bertz CT molecular complexity index is 763. The van der Waals surface area contributed by atoms with E-state index in [0.29, 0.717) is 23.3 Å². The van der Waals surface area contributed by atoms with E-state index in [1.54, 1.807) is 36.2 Å². The molecule has 0 fully saturated rings. The van der Waals surface area contributed by atoms with Crippen LogP contribution in [0.1, 0.15) is 16.1 Å². The van der Waals surface area contributed by atoms with Gasteiger partial charge < -0.3 is 9.52 Å². The van der Waals surface area contributed by atoms with Crippen LogP contribution in [0.5, 0.6) is 0 Å². The maximum absolute atomic E-state index is 11.4. The van der Waals surface area contributed by atoms with Gasteiger partial charge >= 0.3 is 5.97 Å². The van der Waals surface area contributed by atoms with Crippen LogP contribution < -0.4 is 0 Å². The van der Waals surface area contributed by atoms with Crippen molar-refractivity contribution in [1.82, 2.24) is 4.90 Å². The van der Waals surface area contributed by atoms with Gasteiger partial charge in [0.1, 0.15) is 26.7 Å². The summed E-state index contributed by atoms with van der Waals surface area (Å²) >= 11 is 0. The summed E-state index contributed by atoms with van der Waals surface area (Å²) in [7, 11) is -1.32. The van der Waals surface area contributed by atoms with Gasteiger partial charge in [0.25, 0.3) is 0 Å². The number of carbonyl (C=O) groups is 1. The molecule has 0 amide bonds. The highest BCUT2D eigenvalue weighted by molar-refractivity contribution is 7.90. The average molecular weight is 311 g/mol. The van der Waals surface area contributed by atoms with Crippen molar-refractivity contribution in [1.29, 1.82) is 0 Å². The molecule has 1 N–H and O–H groups in total. The Morgan fingerprint density at radius 1 is 1.33 bits per heavy atom. The molecule has 6 nitrogen and oxygen atoms in total. The van der Waals surface area contributed by atoms with Gasteiger partial charge in [0.15, 0.2) is 0 Å². The molecule has 1 heterocycles. The molecule has 0 aliphatic rings. The van der Waals surface area contributed by atoms with Gasteiger partial charge in [-0.1, -0.05) is 18.2 Å². The molecule has 21 heavy (non-hydrogen) atoms. The largest absolute Gasteiger partial charge is 0.478 e. The summed E-state index contributed by atoms with van der Waals surface area (Å²) in [6, 6.07) is 6.93. The fourth-order valence-corrected chi connectivity index (χ4v) is 2.73. The lowest BCUT2D eigenvalue weighted by atomic mass is 10.1. The van der Waals surface area contributed by atoms with Crippen molar-refractivity contribution in [2.24, 2.45) is 0 Å². The molecule has 0 saturated carbocycles. The number of furan rings is 1. The minimum atomic E-state index is -3.05. The van der Waals surface area contributed by atoms with Crippen LogP contribution in [0.3, 0.4) is 0 Å². The Morgan fingerprint density at radius 2 is 2.00 bits per heavy atom. The zero-order valence-electron chi connectivity index (χ0n) is 11.9. The Balaban J connectivity index is 2.25. The first kappa shape index (κ1) is 15.5. The molecule has 0 radical (unpaired) electrons. The number of fused-ring (bicyclic) bond motifs is 1. The SMILES string of the molecule is CN(CCS(C)(=O)=O)Cc1oc2ccccc2c1C(=O)O. The normalized spacial score (nSPS) is 12.1. The third-order valence-corrected chi connectivity index (χ3v) is 4.06. The molecule has 2 aromatic rings.